The van der Waals surface area contributed by atoms with E-state index >= 15 is 0 Å². The predicted octanol–water partition coefficient (Wildman–Crippen LogP) is -0.970. The van der Waals surface area contributed by atoms with Gasteiger partial charge in [-0.15, -0.1) is 6.42 Å². The topological polar surface area (TPSA) is 44.4 Å². The van der Waals surface area contributed by atoms with Crippen LogP contribution in [0, 0.1) is 12.3 Å². The van der Waals surface area contributed by atoms with Crippen molar-refractivity contribution >= 4 is 5.91 Å². The van der Waals surface area contributed by atoms with Gasteiger partial charge in [-0.05, 0) is 6.92 Å². The molecular weight excluding hydrogens is 178 g/mol. The summed E-state index contributed by atoms with van der Waals surface area (Å²) in [5, 5.41) is 5.94. The van der Waals surface area contributed by atoms with E-state index in [2.05, 4.69) is 21.5 Å². The van der Waals surface area contributed by atoms with E-state index in [9.17, 15) is 4.79 Å². The first kappa shape index (κ1) is 11.0. The molecule has 0 radical (unpaired) electrons. The van der Waals surface area contributed by atoms with Crippen molar-refractivity contribution in [2.24, 2.45) is 0 Å². The maximum absolute atomic E-state index is 11.5. The Morgan fingerprint density at radius 3 is 2.86 bits per heavy atom. The highest BCUT2D eigenvalue weighted by molar-refractivity contribution is 5.81. The Balaban J connectivity index is 2.35. The minimum absolute atomic E-state index is 0.0184. The van der Waals surface area contributed by atoms with Crippen molar-refractivity contribution in [2.75, 3.05) is 32.7 Å². The fourth-order valence-electron chi connectivity index (χ4n) is 1.52. The average Bonchev–Trinajstić information content (AvgIpc) is 2.26. The molecule has 1 atom stereocenters. The van der Waals surface area contributed by atoms with Crippen LogP contribution in [0.4, 0.5) is 0 Å². The van der Waals surface area contributed by atoms with Crippen LogP contribution in [-0.2, 0) is 4.79 Å². The fraction of sp³-hybridized carbons (Fsp3) is 0.700. The van der Waals surface area contributed by atoms with E-state index in [-0.39, 0.29) is 11.9 Å². The van der Waals surface area contributed by atoms with Crippen molar-refractivity contribution in [3.8, 4) is 12.3 Å². The van der Waals surface area contributed by atoms with Gasteiger partial charge in [0, 0.05) is 26.2 Å². The summed E-state index contributed by atoms with van der Waals surface area (Å²) in [5.41, 5.74) is 0. The molecule has 4 nitrogen and oxygen atoms in total. The number of carbonyl (C=O) groups is 1. The molecule has 0 spiro atoms. The van der Waals surface area contributed by atoms with Gasteiger partial charge in [-0.2, -0.15) is 0 Å². The molecule has 2 N–H and O–H groups in total. The van der Waals surface area contributed by atoms with E-state index in [1.807, 2.05) is 6.92 Å². The van der Waals surface area contributed by atoms with Gasteiger partial charge in [-0.3, -0.25) is 9.69 Å². The SMILES string of the molecule is C#CCNC(=O)[C@@H](C)N1CCNCC1. The Hall–Kier alpha value is -1.05. The maximum atomic E-state index is 11.5. The van der Waals surface area contributed by atoms with Gasteiger partial charge in [-0.25, -0.2) is 0 Å². The fourth-order valence-corrected chi connectivity index (χ4v) is 1.52. The van der Waals surface area contributed by atoms with Gasteiger partial charge in [0.05, 0.1) is 12.6 Å². The molecule has 0 saturated carbocycles. The van der Waals surface area contributed by atoms with Crippen LogP contribution >= 0.6 is 0 Å². The lowest BCUT2D eigenvalue weighted by atomic mass is 10.2. The Labute approximate surface area is 85.0 Å². The van der Waals surface area contributed by atoms with Crippen molar-refractivity contribution in [3.05, 3.63) is 0 Å². The van der Waals surface area contributed by atoms with Crippen LogP contribution in [0.5, 0.6) is 0 Å². The molecule has 1 saturated heterocycles. The van der Waals surface area contributed by atoms with Gasteiger partial charge < -0.3 is 10.6 Å². The molecule has 0 aromatic rings. The molecule has 0 aromatic heterocycles. The van der Waals surface area contributed by atoms with Crippen molar-refractivity contribution in [1.82, 2.24) is 15.5 Å². The number of terminal acetylenes is 1. The van der Waals surface area contributed by atoms with E-state index < -0.39 is 0 Å². The standard InChI is InChI=1S/C10H17N3O/c1-3-4-12-10(14)9(2)13-7-5-11-6-8-13/h1,9,11H,4-8H2,2H3,(H,12,14)/t9-/m1/s1. The van der Waals surface area contributed by atoms with Crippen LogP contribution in [-0.4, -0.2) is 49.6 Å². The second kappa shape index (κ2) is 5.63. The van der Waals surface area contributed by atoms with Crippen LogP contribution in [0.2, 0.25) is 0 Å². The molecule has 0 bridgehead atoms. The average molecular weight is 195 g/mol. The van der Waals surface area contributed by atoms with E-state index in [0.29, 0.717) is 6.54 Å². The monoisotopic (exact) mass is 195 g/mol. The smallest absolute Gasteiger partial charge is 0.237 e. The van der Waals surface area contributed by atoms with Gasteiger partial charge in [0.25, 0.3) is 0 Å². The lowest BCUT2D eigenvalue weighted by Gasteiger charge is -2.31. The van der Waals surface area contributed by atoms with E-state index in [0.717, 1.165) is 26.2 Å². The Morgan fingerprint density at radius 1 is 1.64 bits per heavy atom. The first-order chi connectivity index (χ1) is 6.75. The summed E-state index contributed by atoms with van der Waals surface area (Å²) in [4.78, 5) is 13.7. The molecule has 0 aliphatic carbocycles. The van der Waals surface area contributed by atoms with E-state index in [1.165, 1.54) is 0 Å². The number of amides is 1. The molecule has 1 aliphatic heterocycles. The van der Waals surface area contributed by atoms with Gasteiger partial charge >= 0.3 is 0 Å². The first-order valence-corrected chi connectivity index (χ1v) is 4.91. The normalized spacial score (nSPS) is 19.7. The van der Waals surface area contributed by atoms with Crippen molar-refractivity contribution < 1.29 is 4.79 Å². The zero-order chi connectivity index (χ0) is 10.4. The van der Waals surface area contributed by atoms with Gasteiger partial charge in [0.1, 0.15) is 0 Å². The molecule has 0 unspecified atom stereocenters. The van der Waals surface area contributed by atoms with Crippen LogP contribution in [0.1, 0.15) is 6.92 Å². The van der Waals surface area contributed by atoms with Crippen LogP contribution in [0.15, 0.2) is 0 Å². The highest BCUT2D eigenvalue weighted by Gasteiger charge is 2.21. The molecule has 1 heterocycles. The molecule has 1 rings (SSSR count). The molecule has 0 aromatic carbocycles. The van der Waals surface area contributed by atoms with E-state index in [1.54, 1.807) is 0 Å². The number of carbonyl (C=O) groups excluding carboxylic acids is 1. The molecule has 1 fully saturated rings. The van der Waals surface area contributed by atoms with Crippen LogP contribution in [0.25, 0.3) is 0 Å². The molecule has 14 heavy (non-hydrogen) atoms. The largest absolute Gasteiger partial charge is 0.344 e. The van der Waals surface area contributed by atoms with Gasteiger partial charge in [-0.1, -0.05) is 5.92 Å². The van der Waals surface area contributed by atoms with Crippen LogP contribution < -0.4 is 10.6 Å². The first-order valence-electron chi connectivity index (χ1n) is 4.91. The third-order valence-corrected chi connectivity index (χ3v) is 2.44. The summed E-state index contributed by atoms with van der Waals surface area (Å²) in [6, 6.07) is -0.0783. The molecule has 4 heteroatoms. The molecular formula is C10H17N3O. The summed E-state index contributed by atoms with van der Waals surface area (Å²) >= 11 is 0. The summed E-state index contributed by atoms with van der Waals surface area (Å²) in [7, 11) is 0. The maximum Gasteiger partial charge on any atom is 0.237 e. The van der Waals surface area contributed by atoms with E-state index in [4.69, 9.17) is 6.42 Å². The minimum Gasteiger partial charge on any atom is -0.344 e. The molecule has 1 aliphatic rings. The number of nitrogens with one attached hydrogen (secondary N) is 2. The molecule has 1 amide bonds. The summed E-state index contributed by atoms with van der Waals surface area (Å²) in [6.45, 7) is 5.97. The summed E-state index contributed by atoms with van der Waals surface area (Å²) in [6.07, 6.45) is 5.07. The lowest BCUT2D eigenvalue weighted by Crippen LogP contribution is -2.52. The van der Waals surface area contributed by atoms with Crippen molar-refractivity contribution in [1.29, 1.82) is 0 Å². The third-order valence-electron chi connectivity index (χ3n) is 2.44. The van der Waals surface area contributed by atoms with Gasteiger partial charge in [0.15, 0.2) is 0 Å². The number of rotatable bonds is 3. The quantitative estimate of drug-likeness (QED) is 0.570. The second-order valence-electron chi connectivity index (χ2n) is 3.38. The predicted molar refractivity (Wildman–Crippen MR) is 55.7 cm³/mol. The Bertz CT molecular complexity index is 228. The zero-order valence-corrected chi connectivity index (χ0v) is 8.55. The second-order valence-corrected chi connectivity index (χ2v) is 3.38. The number of piperazine rings is 1. The molecule has 78 valence electrons. The Kier molecular flexibility index (Phi) is 4.44. The van der Waals surface area contributed by atoms with Crippen molar-refractivity contribution in [2.45, 2.75) is 13.0 Å². The van der Waals surface area contributed by atoms with Crippen LogP contribution in [0.3, 0.4) is 0 Å². The Morgan fingerprint density at radius 2 is 2.29 bits per heavy atom. The third kappa shape index (κ3) is 3.02. The minimum atomic E-state index is -0.0783. The number of hydrogen-bond acceptors (Lipinski definition) is 3. The lowest BCUT2D eigenvalue weighted by molar-refractivity contribution is -0.125. The number of hydrogen-bond donors (Lipinski definition) is 2. The summed E-state index contributed by atoms with van der Waals surface area (Å²) < 4.78 is 0. The highest BCUT2D eigenvalue weighted by atomic mass is 16.2. The number of nitrogens with zero attached hydrogens (tertiary/aromatic N) is 1. The zero-order valence-electron chi connectivity index (χ0n) is 8.55. The van der Waals surface area contributed by atoms with Gasteiger partial charge in [0.2, 0.25) is 5.91 Å². The van der Waals surface area contributed by atoms with Crippen molar-refractivity contribution in [3.63, 3.8) is 0 Å². The summed E-state index contributed by atoms with van der Waals surface area (Å²) in [5.74, 6) is 2.41. The highest BCUT2D eigenvalue weighted by Crippen LogP contribution is 2.00.